The SMILES string of the molecule is C=C1CCC[C@@]2(C)OC2CC(/C(C)=C/c2csc(C)n2)NC(=O)CC(OS(=O)(=O)O)C(C)(C)C(=O)C(C)C1O. The van der Waals surface area contributed by atoms with E-state index in [4.69, 9.17) is 8.92 Å². The van der Waals surface area contributed by atoms with Crippen molar-refractivity contribution in [3.05, 3.63) is 33.8 Å². The third kappa shape index (κ3) is 8.05. The molecule has 1 aromatic heterocycles. The second-order valence-corrected chi connectivity index (χ2v) is 13.6. The minimum Gasteiger partial charge on any atom is -0.388 e. The number of aliphatic hydroxyl groups is 1. The number of carbonyl (C=O) groups is 2. The number of ether oxygens (including phenoxy) is 1. The van der Waals surface area contributed by atoms with E-state index in [2.05, 4.69) is 16.9 Å². The van der Waals surface area contributed by atoms with Crippen LogP contribution < -0.4 is 5.32 Å². The van der Waals surface area contributed by atoms with Crippen LogP contribution in [0.25, 0.3) is 6.08 Å². The van der Waals surface area contributed by atoms with Crippen molar-refractivity contribution in [3.63, 3.8) is 0 Å². The number of fused-ring (bicyclic) bond motifs is 1. The van der Waals surface area contributed by atoms with Crippen molar-refractivity contribution in [2.75, 3.05) is 0 Å². The van der Waals surface area contributed by atoms with Gasteiger partial charge in [-0.05, 0) is 57.3 Å². The number of nitrogens with one attached hydrogen (secondary N) is 1. The van der Waals surface area contributed by atoms with Gasteiger partial charge in [0, 0.05) is 17.7 Å². The predicted octanol–water partition coefficient (Wildman–Crippen LogP) is 3.80. The molecule has 10 nitrogen and oxygen atoms in total. The van der Waals surface area contributed by atoms with Gasteiger partial charge in [-0.3, -0.25) is 14.1 Å². The molecule has 2 aliphatic rings. The van der Waals surface area contributed by atoms with E-state index in [1.807, 2.05) is 32.2 Å². The number of aliphatic hydroxyl groups excluding tert-OH is 1. The molecule has 2 fully saturated rings. The molecule has 3 heterocycles. The van der Waals surface area contributed by atoms with Gasteiger partial charge in [0.2, 0.25) is 5.91 Å². The van der Waals surface area contributed by atoms with Gasteiger partial charge in [0.1, 0.15) is 11.9 Å². The number of aromatic nitrogens is 1. The molecule has 39 heavy (non-hydrogen) atoms. The largest absolute Gasteiger partial charge is 0.397 e. The highest BCUT2D eigenvalue weighted by Crippen LogP contribution is 2.44. The number of Topliss-reactive ketones (excluding diaryl/α,β-unsaturated/α-hetero) is 1. The number of carbonyl (C=O) groups excluding carboxylic acids is 2. The maximum absolute atomic E-state index is 13.5. The summed E-state index contributed by atoms with van der Waals surface area (Å²) >= 11 is 1.51. The van der Waals surface area contributed by atoms with Crippen LogP contribution in [0.1, 0.15) is 77.4 Å². The summed E-state index contributed by atoms with van der Waals surface area (Å²) < 4.78 is 43.8. The maximum atomic E-state index is 13.5. The Hall–Kier alpha value is -1.96. The Morgan fingerprint density at radius 2 is 2.00 bits per heavy atom. The van der Waals surface area contributed by atoms with Crippen molar-refractivity contribution in [2.24, 2.45) is 11.3 Å². The van der Waals surface area contributed by atoms with Crippen LogP contribution in [-0.2, 0) is 28.9 Å². The topological polar surface area (TPSA) is 155 Å². The number of thiazole rings is 1. The van der Waals surface area contributed by atoms with Crippen LogP contribution in [0.3, 0.4) is 0 Å². The molecule has 0 bridgehead atoms. The Morgan fingerprint density at radius 1 is 1.33 bits per heavy atom. The van der Waals surface area contributed by atoms with E-state index in [0.717, 1.165) is 22.7 Å². The van der Waals surface area contributed by atoms with Gasteiger partial charge in [0.15, 0.2) is 0 Å². The van der Waals surface area contributed by atoms with Gasteiger partial charge in [-0.2, -0.15) is 8.42 Å². The van der Waals surface area contributed by atoms with Gasteiger partial charge >= 0.3 is 10.4 Å². The zero-order valence-corrected chi connectivity index (χ0v) is 25.0. The molecule has 1 amide bonds. The molecule has 5 unspecified atom stereocenters. The minimum absolute atomic E-state index is 0.128. The number of epoxide rings is 1. The van der Waals surface area contributed by atoms with Gasteiger partial charge < -0.3 is 15.2 Å². The summed E-state index contributed by atoms with van der Waals surface area (Å²) in [4.78, 5) is 31.3. The van der Waals surface area contributed by atoms with Crippen LogP contribution in [0, 0.1) is 18.3 Å². The summed E-state index contributed by atoms with van der Waals surface area (Å²) in [5.41, 5.74) is 0.131. The molecule has 218 valence electrons. The second kappa shape index (κ2) is 11.9. The van der Waals surface area contributed by atoms with Crippen molar-refractivity contribution in [1.29, 1.82) is 0 Å². The fourth-order valence-corrected chi connectivity index (χ4v) is 6.37. The van der Waals surface area contributed by atoms with E-state index in [1.54, 1.807) is 0 Å². The highest BCUT2D eigenvalue weighted by molar-refractivity contribution is 7.80. The lowest BCUT2D eigenvalue weighted by molar-refractivity contribution is -0.140. The first-order chi connectivity index (χ1) is 17.9. The third-order valence-corrected chi connectivity index (χ3v) is 9.17. The van der Waals surface area contributed by atoms with Crippen LogP contribution in [0.2, 0.25) is 0 Å². The van der Waals surface area contributed by atoms with E-state index in [1.165, 1.54) is 32.1 Å². The van der Waals surface area contributed by atoms with Gasteiger partial charge in [0.05, 0.1) is 46.4 Å². The molecular weight excluding hydrogens is 544 g/mol. The molecule has 2 saturated heterocycles. The number of aryl methyl sites for hydroxylation is 1. The van der Waals surface area contributed by atoms with E-state index < -0.39 is 63.7 Å². The quantitative estimate of drug-likeness (QED) is 0.272. The van der Waals surface area contributed by atoms with Crippen LogP contribution in [0.5, 0.6) is 0 Å². The fraction of sp³-hybridized carbons (Fsp3) is 0.667. The van der Waals surface area contributed by atoms with Gasteiger partial charge in [-0.15, -0.1) is 11.3 Å². The van der Waals surface area contributed by atoms with E-state index in [9.17, 15) is 27.7 Å². The molecule has 3 rings (SSSR count). The molecule has 6 atom stereocenters. The van der Waals surface area contributed by atoms with Crippen LogP contribution in [0.15, 0.2) is 23.1 Å². The van der Waals surface area contributed by atoms with E-state index in [-0.39, 0.29) is 6.10 Å². The van der Waals surface area contributed by atoms with Crippen molar-refractivity contribution in [2.45, 2.75) is 104 Å². The van der Waals surface area contributed by atoms with Crippen molar-refractivity contribution >= 4 is 39.5 Å². The molecule has 0 aromatic carbocycles. The zero-order chi connectivity index (χ0) is 29.3. The Bertz CT molecular complexity index is 1240. The molecular formula is C27H40N2O8S2. The molecule has 3 N–H and O–H groups in total. The first kappa shape index (κ1) is 31.6. The molecule has 1 aromatic rings. The monoisotopic (exact) mass is 584 g/mol. The summed E-state index contributed by atoms with van der Waals surface area (Å²) in [5.74, 6) is -2.03. The van der Waals surface area contributed by atoms with Crippen LogP contribution in [-0.4, -0.2) is 64.7 Å². The van der Waals surface area contributed by atoms with E-state index >= 15 is 0 Å². The zero-order valence-electron chi connectivity index (χ0n) is 23.4. The van der Waals surface area contributed by atoms with Crippen LogP contribution >= 0.6 is 11.3 Å². The molecule has 2 aliphatic heterocycles. The van der Waals surface area contributed by atoms with Crippen molar-refractivity contribution < 1.29 is 36.6 Å². The molecule has 12 heteroatoms. The van der Waals surface area contributed by atoms with Gasteiger partial charge in [-0.25, -0.2) is 9.17 Å². The molecule has 0 radical (unpaired) electrons. The van der Waals surface area contributed by atoms with Gasteiger partial charge in [0.25, 0.3) is 0 Å². The third-order valence-electron chi connectivity index (χ3n) is 7.91. The molecule has 0 saturated carbocycles. The maximum Gasteiger partial charge on any atom is 0.397 e. The number of nitrogens with zero attached hydrogens (tertiary/aromatic N) is 1. The van der Waals surface area contributed by atoms with Crippen LogP contribution in [0.4, 0.5) is 0 Å². The fourth-order valence-electron chi connectivity index (χ4n) is 5.20. The number of hydrogen-bond acceptors (Lipinski definition) is 9. The van der Waals surface area contributed by atoms with Crippen molar-refractivity contribution in [1.82, 2.24) is 10.3 Å². The highest BCUT2D eigenvalue weighted by atomic mass is 32.3. The van der Waals surface area contributed by atoms with Crippen molar-refractivity contribution in [3.8, 4) is 0 Å². The summed E-state index contributed by atoms with van der Waals surface area (Å²) in [6, 6.07) is -0.458. The summed E-state index contributed by atoms with van der Waals surface area (Å²) in [6.45, 7) is 14.2. The summed E-state index contributed by atoms with van der Waals surface area (Å²) in [7, 11) is -5.00. The summed E-state index contributed by atoms with van der Waals surface area (Å²) in [6.07, 6.45) is 0.908. The Labute approximate surface area is 234 Å². The van der Waals surface area contributed by atoms with Gasteiger partial charge in [-0.1, -0.05) is 27.4 Å². The number of amides is 1. The smallest absolute Gasteiger partial charge is 0.388 e. The molecule has 0 spiro atoms. The molecule has 0 aliphatic carbocycles. The van der Waals surface area contributed by atoms with E-state index in [0.29, 0.717) is 24.8 Å². The minimum atomic E-state index is -5.00. The lowest BCUT2D eigenvalue weighted by atomic mass is 9.73. The average molecular weight is 585 g/mol. The second-order valence-electron chi connectivity index (χ2n) is 11.5. The Balaban J connectivity index is 1.97. The Morgan fingerprint density at radius 3 is 2.59 bits per heavy atom. The number of hydrogen-bond donors (Lipinski definition) is 3. The predicted molar refractivity (Wildman–Crippen MR) is 148 cm³/mol. The lowest BCUT2D eigenvalue weighted by Gasteiger charge is -2.35. The standard InChI is InChI=1S/C27H40N2O8S2/c1-15-9-8-10-27(7)22(36-27)12-20(16(2)11-19-14-38-18(4)28-19)29-23(30)13-21(37-39(33,34)35)26(5,6)25(32)17(3)24(15)31/h11,14,17,20-22,24,31H,1,8-10,12-13H2,2-7H3,(H,29,30)(H,33,34,35)/b16-11+/t17?,20?,21?,22?,24?,27-/m1/s1. The lowest BCUT2D eigenvalue weighted by Crippen LogP contribution is -2.48. The number of ketones is 1. The Kier molecular flexibility index (Phi) is 9.61. The normalized spacial score (nSPS) is 33.4. The average Bonchev–Trinajstić information content (AvgIpc) is 3.26. The first-order valence-corrected chi connectivity index (χ1v) is 15.3. The first-order valence-electron chi connectivity index (χ1n) is 13.1. The summed E-state index contributed by atoms with van der Waals surface area (Å²) in [5, 5.41) is 16.6. The highest BCUT2D eigenvalue weighted by Gasteiger charge is 2.52. The number of rotatable bonds is 4.